The highest BCUT2D eigenvalue weighted by atomic mass is 16.5. The summed E-state index contributed by atoms with van der Waals surface area (Å²) in [6, 6.07) is 8.84. The Morgan fingerprint density at radius 3 is 2.56 bits per heavy atom. The number of ether oxygens (including phenoxy) is 2. The standard InChI is InChI=1S/C20H26N4O3/c1-4-23-9-11-24(12-10-23)19-13-15(7-8-21-19)20(25)22-17-14-16(26-2)5-6-18(17)27-3/h5-8,13-14H,4,9-12H2,1-3H3,(H,22,25). The van der Waals surface area contributed by atoms with E-state index >= 15 is 0 Å². The topological polar surface area (TPSA) is 66.9 Å². The van der Waals surface area contributed by atoms with Crippen LogP contribution in [0.2, 0.25) is 0 Å². The van der Waals surface area contributed by atoms with Crippen LogP contribution in [0.1, 0.15) is 17.3 Å². The molecule has 2 aromatic rings. The predicted octanol–water partition coefficient (Wildman–Crippen LogP) is 2.49. The molecule has 7 heteroatoms. The molecular formula is C20H26N4O3. The number of carbonyl (C=O) groups is 1. The molecule has 1 N–H and O–H groups in total. The average molecular weight is 370 g/mol. The second-order valence-corrected chi connectivity index (χ2v) is 6.34. The van der Waals surface area contributed by atoms with Gasteiger partial charge in [-0.15, -0.1) is 0 Å². The number of hydrogen-bond acceptors (Lipinski definition) is 6. The van der Waals surface area contributed by atoms with Crippen molar-refractivity contribution in [2.75, 3.05) is 57.2 Å². The number of carbonyl (C=O) groups excluding carboxylic acids is 1. The fourth-order valence-corrected chi connectivity index (χ4v) is 3.13. The Labute approximate surface area is 159 Å². The van der Waals surface area contributed by atoms with Gasteiger partial charge in [0.15, 0.2) is 0 Å². The lowest BCUT2D eigenvalue weighted by atomic mass is 10.2. The van der Waals surface area contributed by atoms with E-state index in [-0.39, 0.29) is 5.91 Å². The lowest BCUT2D eigenvalue weighted by Gasteiger charge is -2.34. The van der Waals surface area contributed by atoms with Crippen molar-refractivity contribution in [3.8, 4) is 11.5 Å². The van der Waals surface area contributed by atoms with Gasteiger partial charge in [0, 0.05) is 44.0 Å². The quantitative estimate of drug-likeness (QED) is 0.843. The number of aromatic nitrogens is 1. The van der Waals surface area contributed by atoms with Crippen LogP contribution in [-0.2, 0) is 0 Å². The number of likely N-dealkylation sites (N-methyl/N-ethyl adjacent to an activating group) is 1. The van der Waals surface area contributed by atoms with Crippen molar-refractivity contribution in [3.63, 3.8) is 0 Å². The Morgan fingerprint density at radius 1 is 1.11 bits per heavy atom. The smallest absolute Gasteiger partial charge is 0.255 e. The molecule has 0 radical (unpaired) electrons. The third-order valence-corrected chi connectivity index (χ3v) is 4.81. The van der Waals surface area contributed by atoms with Crippen molar-refractivity contribution in [1.29, 1.82) is 0 Å². The number of nitrogens with zero attached hydrogens (tertiary/aromatic N) is 3. The Morgan fingerprint density at radius 2 is 1.89 bits per heavy atom. The van der Waals surface area contributed by atoms with Crippen LogP contribution in [0.15, 0.2) is 36.5 Å². The first-order chi connectivity index (χ1) is 13.1. The largest absolute Gasteiger partial charge is 0.497 e. The van der Waals surface area contributed by atoms with Crippen molar-refractivity contribution < 1.29 is 14.3 Å². The molecule has 0 saturated carbocycles. The molecule has 0 bridgehead atoms. The van der Waals surface area contributed by atoms with E-state index in [0.29, 0.717) is 22.7 Å². The molecule has 144 valence electrons. The maximum absolute atomic E-state index is 12.8. The van der Waals surface area contributed by atoms with Crippen molar-refractivity contribution in [2.24, 2.45) is 0 Å². The summed E-state index contributed by atoms with van der Waals surface area (Å²) < 4.78 is 10.6. The summed E-state index contributed by atoms with van der Waals surface area (Å²) >= 11 is 0. The number of amides is 1. The number of anilines is 2. The van der Waals surface area contributed by atoms with Crippen LogP contribution in [0.5, 0.6) is 11.5 Å². The molecule has 0 aliphatic carbocycles. The van der Waals surface area contributed by atoms with Crippen molar-refractivity contribution in [3.05, 3.63) is 42.1 Å². The van der Waals surface area contributed by atoms with Crippen LogP contribution in [0.4, 0.5) is 11.5 Å². The van der Waals surface area contributed by atoms with E-state index in [0.717, 1.165) is 38.5 Å². The molecule has 0 atom stereocenters. The first-order valence-corrected chi connectivity index (χ1v) is 9.11. The van der Waals surface area contributed by atoms with Crippen LogP contribution in [0, 0.1) is 0 Å². The molecule has 2 heterocycles. The number of methoxy groups -OCH3 is 2. The molecule has 1 fully saturated rings. The Bertz CT molecular complexity index is 789. The number of hydrogen-bond donors (Lipinski definition) is 1. The van der Waals surface area contributed by atoms with Gasteiger partial charge < -0.3 is 24.6 Å². The summed E-state index contributed by atoms with van der Waals surface area (Å²) in [5.74, 6) is 1.85. The molecule has 7 nitrogen and oxygen atoms in total. The van der Waals surface area contributed by atoms with E-state index in [2.05, 4.69) is 27.0 Å². The van der Waals surface area contributed by atoms with E-state index in [4.69, 9.17) is 9.47 Å². The summed E-state index contributed by atoms with van der Waals surface area (Å²) in [5, 5.41) is 2.90. The van der Waals surface area contributed by atoms with Crippen LogP contribution >= 0.6 is 0 Å². The lowest BCUT2D eigenvalue weighted by molar-refractivity contribution is 0.102. The fraction of sp³-hybridized carbons (Fsp3) is 0.400. The molecule has 27 heavy (non-hydrogen) atoms. The summed E-state index contributed by atoms with van der Waals surface area (Å²) in [5.41, 5.74) is 1.12. The van der Waals surface area contributed by atoms with Gasteiger partial charge in [-0.1, -0.05) is 6.92 Å². The predicted molar refractivity (Wildman–Crippen MR) is 106 cm³/mol. The molecule has 1 aliphatic rings. The normalized spacial score (nSPS) is 14.7. The van der Waals surface area contributed by atoms with Gasteiger partial charge in [-0.05, 0) is 30.8 Å². The van der Waals surface area contributed by atoms with Gasteiger partial charge in [0.25, 0.3) is 5.91 Å². The third-order valence-electron chi connectivity index (χ3n) is 4.81. The van der Waals surface area contributed by atoms with E-state index in [9.17, 15) is 4.79 Å². The van der Waals surface area contributed by atoms with Gasteiger partial charge in [-0.3, -0.25) is 4.79 Å². The first kappa shape index (κ1) is 19.0. The van der Waals surface area contributed by atoms with Gasteiger partial charge in [-0.25, -0.2) is 4.98 Å². The highest BCUT2D eigenvalue weighted by Gasteiger charge is 2.18. The Kier molecular flexibility index (Phi) is 6.13. The van der Waals surface area contributed by atoms with E-state index in [1.54, 1.807) is 44.7 Å². The fourth-order valence-electron chi connectivity index (χ4n) is 3.13. The zero-order valence-electron chi connectivity index (χ0n) is 16.1. The minimum Gasteiger partial charge on any atom is -0.497 e. The third kappa shape index (κ3) is 4.49. The van der Waals surface area contributed by atoms with Crippen molar-refractivity contribution in [2.45, 2.75) is 6.92 Å². The second-order valence-electron chi connectivity index (χ2n) is 6.34. The van der Waals surface area contributed by atoms with Crippen LogP contribution in [-0.4, -0.2) is 62.7 Å². The number of benzene rings is 1. The second kappa shape index (κ2) is 8.73. The average Bonchev–Trinajstić information content (AvgIpc) is 2.73. The lowest BCUT2D eigenvalue weighted by Crippen LogP contribution is -2.46. The molecule has 1 aliphatic heterocycles. The van der Waals surface area contributed by atoms with Crippen LogP contribution in [0.3, 0.4) is 0 Å². The molecule has 3 rings (SSSR count). The SMILES string of the molecule is CCN1CCN(c2cc(C(=O)Nc3cc(OC)ccc3OC)ccn2)CC1. The minimum atomic E-state index is -0.211. The number of pyridine rings is 1. The van der Waals surface area contributed by atoms with Crippen molar-refractivity contribution >= 4 is 17.4 Å². The Hall–Kier alpha value is -2.80. The highest BCUT2D eigenvalue weighted by molar-refractivity contribution is 6.05. The van der Waals surface area contributed by atoms with Gasteiger partial charge in [-0.2, -0.15) is 0 Å². The zero-order valence-corrected chi connectivity index (χ0v) is 16.1. The summed E-state index contributed by atoms with van der Waals surface area (Å²) in [6.07, 6.45) is 1.68. The van der Waals surface area contributed by atoms with Gasteiger partial charge in [0.05, 0.1) is 19.9 Å². The van der Waals surface area contributed by atoms with E-state index in [1.165, 1.54) is 0 Å². The molecular weight excluding hydrogens is 344 g/mol. The molecule has 1 aromatic heterocycles. The van der Waals surface area contributed by atoms with E-state index in [1.807, 2.05) is 6.07 Å². The van der Waals surface area contributed by atoms with Crippen LogP contribution < -0.4 is 19.7 Å². The highest BCUT2D eigenvalue weighted by Crippen LogP contribution is 2.29. The number of nitrogens with one attached hydrogen (secondary N) is 1. The van der Waals surface area contributed by atoms with E-state index < -0.39 is 0 Å². The van der Waals surface area contributed by atoms with Gasteiger partial charge >= 0.3 is 0 Å². The summed E-state index contributed by atoms with van der Waals surface area (Å²) in [6.45, 7) is 7.08. The summed E-state index contributed by atoms with van der Waals surface area (Å²) in [7, 11) is 3.15. The zero-order chi connectivity index (χ0) is 19.2. The maximum atomic E-state index is 12.8. The molecule has 1 saturated heterocycles. The van der Waals surface area contributed by atoms with Crippen molar-refractivity contribution in [1.82, 2.24) is 9.88 Å². The molecule has 1 amide bonds. The monoisotopic (exact) mass is 370 g/mol. The first-order valence-electron chi connectivity index (χ1n) is 9.11. The maximum Gasteiger partial charge on any atom is 0.255 e. The Balaban J connectivity index is 1.74. The summed E-state index contributed by atoms with van der Waals surface area (Å²) in [4.78, 5) is 21.8. The number of piperazine rings is 1. The minimum absolute atomic E-state index is 0.211. The van der Waals surface area contributed by atoms with Gasteiger partial charge in [0.1, 0.15) is 17.3 Å². The molecule has 0 unspecified atom stereocenters. The number of rotatable bonds is 6. The molecule has 0 spiro atoms. The van der Waals surface area contributed by atoms with Crippen LogP contribution in [0.25, 0.3) is 0 Å². The molecule has 1 aromatic carbocycles. The van der Waals surface area contributed by atoms with Gasteiger partial charge in [0.2, 0.25) is 0 Å².